The normalized spacial score (nSPS) is 11.3. The predicted octanol–water partition coefficient (Wildman–Crippen LogP) is 5.32. The number of nitrogens with zero attached hydrogens (tertiary/aromatic N) is 3. The number of hydrogen-bond acceptors (Lipinski definition) is 5. The maximum Gasteiger partial charge on any atom is 0.266 e. The van der Waals surface area contributed by atoms with Gasteiger partial charge in [0.1, 0.15) is 5.75 Å². The zero-order valence-corrected chi connectivity index (χ0v) is 19.5. The number of amides is 1. The summed E-state index contributed by atoms with van der Waals surface area (Å²) in [5, 5.41) is 1.35. The highest BCUT2D eigenvalue weighted by Gasteiger charge is 2.21. The van der Waals surface area contributed by atoms with Gasteiger partial charge < -0.3 is 9.64 Å². The number of anilines is 1. The minimum Gasteiger partial charge on any atom is -0.484 e. The molecule has 3 aromatic rings. The van der Waals surface area contributed by atoms with Crippen LogP contribution in [-0.2, 0) is 4.79 Å². The topological polar surface area (TPSA) is 45.7 Å². The zero-order chi connectivity index (χ0) is 21.7. The van der Waals surface area contributed by atoms with E-state index in [0.717, 1.165) is 29.9 Å². The van der Waals surface area contributed by atoms with E-state index in [0.29, 0.717) is 22.4 Å². The minimum absolute atomic E-state index is 0.0478. The van der Waals surface area contributed by atoms with E-state index in [1.165, 1.54) is 11.1 Å². The van der Waals surface area contributed by atoms with Crippen molar-refractivity contribution in [1.29, 1.82) is 0 Å². The molecule has 1 amide bonds. The molecule has 1 aromatic heterocycles. The number of likely N-dealkylation sites (N-methyl/N-ethyl adjacent to an activating group) is 1. The molecule has 5 nitrogen and oxygen atoms in total. The van der Waals surface area contributed by atoms with Crippen molar-refractivity contribution >= 4 is 44.2 Å². The summed E-state index contributed by atoms with van der Waals surface area (Å²) in [6, 6.07) is 11.2. The van der Waals surface area contributed by atoms with Gasteiger partial charge in [-0.25, -0.2) is 4.98 Å². The van der Waals surface area contributed by atoms with Crippen LogP contribution in [0.1, 0.15) is 25.0 Å². The number of fused-ring (bicyclic) bond motifs is 1. The first-order chi connectivity index (χ1) is 14.4. The average Bonchev–Trinajstić information content (AvgIpc) is 3.13. The number of aryl methyl sites for hydroxylation is 2. The van der Waals surface area contributed by atoms with Crippen molar-refractivity contribution in [2.75, 3.05) is 37.7 Å². The Labute approximate surface area is 187 Å². The zero-order valence-electron chi connectivity index (χ0n) is 17.9. The summed E-state index contributed by atoms with van der Waals surface area (Å²) < 4.78 is 6.80. The molecule has 0 unspecified atom stereocenters. The van der Waals surface area contributed by atoms with Gasteiger partial charge in [0.05, 0.1) is 10.2 Å². The second-order valence-electron chi connectivity index (χ2n) is 7.22. The summed E-state index contributed by atoms with van der Waals surface area (Å²) in [7, 11) is 0. The van der Waals surface area contributed by atoms with E-state index in [9.17, 15) is 4.79 Å². The van der Waals surface area contributed by atoms with Crippen LogP contribution >= 0.6 is 22.9 Å². The molecule has 0 fully saturated rings. The van der Waals surface area contributed by atoms with Crippen molar-refractivity contribution in [3.05, 3.63) is 52.5 Å². The van der Waals surface area contributed by atoms with E-state index in [1.54, 1.807) is 40.5 Å². The maximum absolute atomic E-state index is 13.1. The SMILES string of the molecule is CCN(CC)CCN(C(=O)COc1ccc(Cl)cc1)c1nc2cc(C)c(C)cc2s1. The molecular formula is C23H28ClN3O2S. The van der Waals surface area contributed by atoms with Crippen LogP contribution in [0.5, 0.6) is 5.75 Å². The Morgan fingerprint density at radius 3 is 2.40 bits per heavy atom. The highest BCUT2D eigenvalue weighted by molar-refractivity contribution is 7.22. The summed E-state index contributed by atoms with van der Waals surface area (Å²) in [4.78, 5) is 21.9. The average molecular weight is 446 g/mol. The van der Waals surface area contributed by atoms with E-state index >= 15 is 0 Å². The van der Waals surface area contributed by atoms with Crippen molar-refractivity contribution in [2.24, 2.45) is 0 Å². The van der Waals surface area contributed by atoms with Crippen molar-refractivity contribution in [2.45, 2.75) is 27.7 Å². The number of benzene rings is 2. The smallest absolute Gasteiger partial charge is 0.266 e. The van der Waals surface area contributed by atoms with Gasteiger partial charge >= 0.3 is 0 Å². The first-order valence-corrected chi connectivity index (χ1v) is 11.4. The molecule has 30 heavy (non-hydrogen) atoms. The fraction of sp³-hybridized carbons (Fsp3) is 0.391. The van der Waals surface area contributed by atoms with Crippen LogP contribution in [0.3, 0.4) is 0 Å². The lowest BCUT2D eigenvalue weighted by Gasteiger charge is -2.24. The fourth-order valence-corrected chi connectivity index (χ4v) is 4.36. The van der Waals surface area contributed by atoms with Gasteiger partial charge in [-0.05, 0) is 74.5 Å². The molecule has 0 saturated carbocycles. The predicted molar refractivity (Wildman–Crippen MR) is 126 cm³/mol. The molecule has 0 aliphatic heterocycles. The Kier molecular flexibility index (Phi) is 7.69. The fourth-order valence-electron chi connectivity index (χ4n) is 3.15. The van der Waals surface area contributed by atoms with Gasteiger partial charge in [0.25, 0.3) is 5.91 Å². The number of ether oxygens (including phenoxy) is 1. The first-order valence-electron chi connectivity index (χ1n) is 10.2. The van der Waals surface area contributed by atoms with E-state index in [2.05, 4.69) is 44.7 Å². The molecule has 0 atom stereocenters. The molecule has 0 saturated heterocycles. The molecule has 0 aliphatic carbocycles. The van der Waals surface area contributed by atoms with Crippen molar-refractivity contribution in [3.63, 3.8) is 0 Å². The Morgan fingerprint density at radius 2 is 1.73 bits per heavy atom. The van der Waals surface area contributed by atoms with Crippen LogP contribution in [0.4, 0.5) is 5.13 Å². The van der Waals surface area contributed by atoms with Gasteiger partial charge in [-0.15, -0.1) is 0 Å². The number of carbonyl (C=O) groups excluding carboxylic acids is 1. The van der Waals surface area contributed by atoms with Crippen LogP contribution in [-0.4, -0.2) is 48.6 Å². The van der Waals surface area contributed by atoms with Gasteiger partial charge in [0.15, 0.2) is 11.7 Å². The monoisotopic (exact) mass is 445 g/mol. The van der Waals surface area contributed by atoms with Crippen molar-refractivity contribution in [3.8, 4) is 5.75 Å². The van der Waals surface area contributed by atoms with E-state index in [-0.39, 0.29) is 12.5 Å². The van der Waals surface area contributed by atoms with Crippen molar-refractivity contribution in [1.82, 2.24) is 9.88 Å². The summed E-state index contributed by atoms with van der Waals surface area (Å²) >= 11 is 7.47. The summed E-state index contributed by atoms with van der Waals surface area (Å²) in [6.45, 7) is 11.6. The molecule has 0 bridgehead atoms. The van der Waals surface area contributed by atoms with Gasteiger partial charge in [-0.1, -0.05) is 36.8 Å². The molecule has 1 heterocycles. The van der Waals surface area contributed by atoms with Crippen molar-refractivity contribution < 1.29 is 9.53 Å². The summed E-state index contributed by atoms with van der Waals surface area (Å²) in [5.74, 6) is 0.511. The molecule has 160 valence electrons. The van der Waals surface area contributed by atoms with Gasteiger partial charge in [0, 0.05) is 18.1 Å². The second kappa shape index (κ2) is 10.2. The standard InChI is InChI=1S/C23H28ClN3O2S/c1-5-26(6-2)11-12-27(22(28)15-29-19-9-7-18(24)8-10-19)23-25-20-13-16(3)17(4)14-21(20)30-23/h7-10,13-14H,5-6,11-12,15H2,1-4H3. The van der Waals surface area contributed by atoms with Crippen LogP contribution < -0.4 is 9.64 Å². The Hall–Kier alpha value is -2.15. The highest BCUT2D eigenvalue weighted by atomic mass is 35.5. The third kappa shape index (κ3) is 5.50. The quantitative estimate of drug-likeness (QED) is 0.447. The van der Waals surface area contributed by atoms with Gasteiger partial charge in [0.2, 0.25) is 0 Å². The Morgan fingerprint density at radius 1 is 1.07 bits per heavy atom. The molecule has 7 heteroatoms. The number of halogens is 1. The highest BCUT2D eigenvalue weighted by Crippen LogP contribution is 2.31. The Bertz CT molecular complexity index is 961. The third-order valence-corrected chi connectivity index (χ3v) is 6.53. The number of carbonyl (C=O) groups is 1. The molecule has 0 aliphatic rings. The molecule has 0 spiro atoms. The van der Waals surface area contributed by atoms with Crippen LogP contribution in [0.25, 0.3) is 10.2 Å². The Balaban J connectivity index is 1.81. The summed E-state index contributed by atoms with van der Waals surface area (Å²) in [5.41, 5.74) is 3.36. The minimum atomic E-state index is -0.107. The third-order valence-electron chi connectivity index (χ3n) is 5.23. The number of rotatable bonds is 9. The van der Waals surface area contributed by atoms with Gasteiger partial charge in [-0.2, -0.15) is 0 Å². The number of aromatic nitrogens is 1. The van der Waals surface area contributed by atoms with Crippen LogP contribution in [0.15, 0.2) is 36.4 Å². The molecule has 0 radical (unpaired) electrons. The second-order valence-corrected chi connectivity index (χ2v) is 8.66. The molecule has 3 rings (SSSR count). The largest absolute Gasteiger partial charge is 0.484 e. The lowest BCUT2D eigenvalue weighted by atomic mass is 10.1. The molecule has 2 aromatic carbocycles. The van der Waals surface area contributed by atoms with Gasteiger partial charge in [-0.3, -0.25) is 9.69 Å². The molecular weight excluding hydrogens is 418 g/mol. The summed E-state index contributed by atoms with van der Waals surface area (Å²) in [6.07, 6.45) is 0. The first kappa shape index (κ1) is 22.5. The lowest BCUT2D eigenvalue weighted by molar-refractivity contribution is -0.120. The van der Waals surface area contributed by atoms with E-state index in [1.807, 2.05) is 0 Å². The molecule has 0 N–H and O–H groups in total. The maximum atomic E-state index is 13.1. The van der Waals surface area contributed by atoms with E-state index in [4.69, 9.17) is 21.3 Å². The lowest BCUT2D eigenvalue weighted by Crippen LogP contribution is -2.41. The van der Waals surface area contributed by atoms with Crippen LogP contribution in [0, 0.1) is 13.8 Å². The van der Waals surface area contributed by atoms with E-state index < -0.39 is 0 Å². The van der Waals surface area contributed by atoms with Crippen LogP contribution in [0.2, 0.25) is 5.02 Å². The number of thiazole rings is 1. The number of hydrogen-bond donors (Lipinski definition) is 0.